The van der Waals surface area contributed by atoms with Gasteiger partial charge in [-0.3, -0.25) is 4.79 Å². The van der Waals surface area contributed by atoms with Gasteiger partial charge in [-0.2, -0.15) is 0 Å². The highest BCUT2D eigenvalue weighted by Crippen LogP contribution is 2.13. The molecule has 1 aliphatic rings. The van der Waals surface area contributed by atoms with Crippen LogP contribution in [-0.2, 0) is 4.79 Å². The van der Waals surface area contributed by atoms with Gasteiger partial charge in [0, 0.05) is 25.2 Å². The van der Waals surface area contributed by atoms with Gasteiger partial charge in [-0.25, -0.2) is 4.39 Å². The lowest BCUT2D eigenvalue weighted by Crippen LogP contribution is -2.59. The third-order valence-corrected chi connectivity index (χ3v) is 3.06. The number of hydrogen-bond acceptors (Lipinski definition) is 4. The van der Waals surface area contributed by atoms with Crippen LogP contribution in [0.3, 0.4) is 0 Å². The average molecular weight is 268 g/mol. The fourth-order valence-electron chi connectivity index (χ4n) is 2.13. The molecular weight excluding hydrogens is 251 g/mol. The van der Waals surface area contributed by atoms with Crippen LogP contribution in [0, 0.1) is 5.82 Å². The molecule has 0 saturated carbocycles. The first-order valence-corrected chi connectivity index (χ1v) is 6.25. The zero-order valence-electron chi connectivity index (χ0n) is 10.4. The van der Waals surface area contributed by atoms with Crippen LogP contribution < -0.4 is 15.4 Å². The van der Waals surface area contributed by atoms with Crippen molar-refractivity contribution >= 4 is 5.97 Å². The molecule has 3 N–H and O–H groups in total. The maximum absolute atomic E-state index is 12.9. The quantitative estimate of drug-likeness (QED) is 0.730. The lowest BCUT2D eigenvalue weighted by Gasteiger charge is -2.30. The van der Waals surface area contributed by atoms with Gasteiger partial charge < -0.3 is 20.5 Å². The molecule has 1 unspecified atom stereocenters. The highest BCUT2D eigenvalue weighted by atomic mass is 19.1. The first-order chi connectivity index (χ1) is 9.16. The van der Waals surface area contributed by atoms with Crippen LogP contribution in [0.4, 0.5) is 4.39 Å². The van der Waals surface area contributed by atoms with E-state index in [0.717, 1.165) is 6.54 Å². The number of carboxylic acids is 1. The summed E-state index contributed by atoms with van der Waals surface area (Å²) in [5, 5.41) is 15.2. The molecule has 0 radical (unpaired) electrons. The zero-order valence-corrected chi connectivity index (χ0v) is 10.4. The third kappa shape index (κ3) is 3.90. The Labute approximate surface area is 110 Å². The lowest BCUT2D eigenvalue weighted by atomic mass is 10.0. The molecule has 19 heavy (non-hydrogen) atoms. The van der Waals surface area contributed by atoms with E-state index >= 15 is 0 Å². The van der Waals surface area contributed by atoms with E-state index in [1.165, 1.54) is 12.1 Å². The lowest BCUT2D eigenvalue weighted by molar-refractivity contribution is -0.140. The maximum atomic E-state index is 12.9. The van der Waals surface area contributed by atoms with Crippen molar-refractivity contribution in [1.29, 1.82) is 0 Å². The minimum absolute atomic E-state index is 0.181. The topological polar surface area (TPSA) is 70.6 Å². The SMILES string of the molecule is O=C(O)C1NCCN[C@@H]1CCOc1cccc(F)c1. The number of rotatable bonds is 5. The van der Waals surface area contributed by atoms with Crippen molar-refractivity contribution < 1.29 is 19.0 Å². The molecule has 1 aromatic carbocycles. The van der Waals surface area contributed by atoms with Crippen molar-refractivity contribution in [2.45, 2.75) is 18.5 Å². The van der Waals surface area contributed by atoms with E-state index < -0.39 is 12.0 Å². The van der Waals surface area contributed by atoms with Gasteiger partial charge >= 0.3 is 5.97 Å². The molecule has 5 nitrogen and oxygen atoms in total. The van der Waals surface area contributed by atoms with Crippen molar-refractivity contribution in [3.8, 4) is 5.75 Å². The Morgan fingerprint density at radius 2 is 2.21 bits per heavy atom. The van der Waals surface area contributed by atoms with Crippen molar-refractivity contribution in [3.05, 3.63) is 30.1 Å². The molecule has 0 aliphatic carbocycles. The predicted molar refractivity (Wildman–Crippen MR) is 67.7 cm³/mol. The summed E-state index contributed by atoms with van der Waals surface area (Å²) in [6.07, 6.45) is 0.542. The fraction of sp³-hybridized carbons (Fsp3) is 0.462. The molecule has 0 amide bonds. The summed E-state index contributed by atoms with van der Waals surface area (Å²) < 4.78 is 18.4. The number of nitrogens with one attached hydrogen (secondary N) is 2. The first kappa shape index (κ1) is 13.8. The molecule has 1 heterocycles. The molecule has 0 aromatic heterocycles. The molecule has 0 bridgehead atoms. The number of carboxylic acid groups (broad SMARTS) is 1. The van der Waals surface area contributed by atoms with Crippen molar-refractivity contribution in [2.75, 3.05) is 19.7 Å². The summed E-state index contributed by atoms with van der Waals surface area (Å²) in [4.78, 5) is 11.0. The van der Waals surface area contributed by atoms with Gasteiger partial charge in [0.05, 0.1) is 6.61 Å². The molecular formula is C13H17FN2O3. The van der Waals surface area contributed by atoms with Gasteiger partial charge in [0.15, 0.2) is 0 Å². The Hall–Kier alpha value is -1.66. The summed E-state index contributed by atoms with van der Waals surface area (Å²) >= 11 is 0. The highest BCUT2D eigenvalue weighted by molar-refractivity contribution is 5.74. The van der Waals surface area contributed by atoms with Gasteiger partial charge in [0.2, 0.25) is 0 Å². The third-order valence-electron chi connectivity index (χ3n) is 3.06. The summed E-state index contributed by atoms with van der Waals surface area (Å²) in [7, 11) is 0. The van der Waals surface area contributed by atoms with Gasteiger partial charge in [-0.15, -0.1) is 0 Å². The fourth-order valence-corrected chi connectivity index (χ4v) is 2.13. The number of benzene rings is 1. The minimum Gasteiger partial charge on any atom is -0.493 e. The van der Waals surface area contributed by atoms with Gasteiger partial charge in [-0.1, -0.05) is 6.07 Å². The van der Waals surface area contributed by atoms with Crippen LogP contribution in [-0.4, -0.2) is 42.9 Å². The zero-order chi connectivity index (χ0) is 13.7. The standard InChI is InChI=1S/C13H17FN2O3/c14-9-2-1-3-10(8-9)19-7-4-11-12(13(17)18)16-6-5-15-11/h1-3,8,11-12,15-16H,4-7H2,(H,17,18)/t11-,12?/m1/s1. The molecule has 104 valence electrons. The highest BCUT2D eigenvalue weighted by Gasteiger charge is 2.29. The minimum atomic E-state index is -0.872. The van der Waals surface area contributed by atoms with Crippen LogP contribution in [0.1, 0.15) is 6.42 Å². The average Bonchev–Trinajstić information content (AvgIpc) is 2.39. The van der Waals surface area contributed by atoms with Crippen molar-refractivity contribution in [3.63, 3.8) is 0 Å². The number of carbonyl (C=O) groups is 1. The van der Waals surface area contributed by atoms with E-state index in [0.29, 0.717) is 25.3 Å². The Morgan fingerprint density at radius 1 is 1.42 bits per heavy atom. The van der Waals surface area contributed by atoms with Crippen LogP contribution in [0.5, 0.6) is 5.75 Å². The molecule has 1 fully saturated rings. The number of hydrogen-bond donors (Lipinski definition) is 3. The van der Waals surface area contributed by atoms with E-state index in [1.807, 2.05) is 0 Å². The second kappa shape index (κ2) is 6.49. The van der Waals surface area contributed by atoms with E-state index in [-0.39, 0.29) is 11.9 Å². The molecule has 0 spiro atoms. The number of halogens is 1. The Morgan fingerprint density at radius 3 is 2.95 bits per heavy atom. The van der Waals surface area contributed by atoms with Crippen LogP contribution in [0.15, 0.2) is 24.3 Å². The number of piperazine rings is 1. The Bertz CT molecular complexity index is 442. The molecule has 1 aliphatic heterocycles. The predicted octanol–water partition coefficient (Wildman–Crippen LogP) is 0.609. The maximum Gasteiger partial charge on any atom is 0.322 e. The van der Waals surface area contributed by atoms with E-state index in [9.17, 15) is 9.18 Å². The molecule has 2 atom stereocenters. The van der Waals surface area contributed by atoms with Gasteiger partial charge in [0.25, 0.3) is 0 Å². The molecule has 1 saturated heterocycles. The van der Waals surface area contributed by atoms with Gasteiger partial charge in [0.1, 0.15) is 17.6 Å². The molecule has 6 heteroatoms. The first-order valence-electron chi connectivity index (χ1n) is 6.25. The van der Waals surface area contributed by atoms with Crippen LogP contribution in [0.25, 0.3) is 0 Å². The van der Waals surface area contributed by atoms with E-state index in [2.05, 4.69) is 10.6 Å². The number of ether oxygens (including phenoxy) is 1. The molecule has 1 aromatic rings. The summed E-state index contributed by atoms with van der Waals surface area (Å²) in [6.45, 7) is 1.71. The summed E-state index contributed by atoms with van der Waals surface area (Å²) in [5.41, 5.74) is 0. The monoisotopic (exact) mass is 268 g/mol. The second-order valence-corrected chi connectivity index (χ2v) is 4.43. The van der Waals surface area contributed by atoms with Crippen LogP contribution >= 0.6 is 0 Å². The van der Waals surface area contributed by atoms with Crippen molar-refractivity contribution in [1.82, 2.24) is 10.6 Å². The largest absolute Gasteiger partial charge is 0.493 e. The Balaban J connectivity index is 1.82. The normalized spacial score (nSPS) is 23.0. The van der Waals surface area contributed by atoms with E-state index in [4.69, 9.17) is 9.84 Å². The van der Waals surface area contributed by atoms with Gasteiger partial charge in [-0.05, 0) is 18.6 Å². The second-order valence-electron chi connectivity index (χ2n) is 4.43. The molecule has 2 rings (SSSR count). The number of aliphatic carboxylic acids is 1. The smallest absolute Gasteiger partial charge is 0.322 e. The van der Waals surface area contributed by atoms with Crippen LogP contribution in [0.2, 0.25) is 0 Å². The Kier molecular flexibility index (Phi) is 4.70. The van der Waals surface area contributed by atoms with Crippen molar-refractivity contribution in [2.24, 2.45) is 0 Å². The summed E-state index contributed by atoms with van der Waals surface area (Å²) in [6, 6.07) is 5.11. The summed E-state index contributed by atoms with van der Waals surface area (Å²) in [5.74, 6) is -0.767. The van der Waals surface area contributed by atoms with E-state index in [1.54, 1.807) is 12.1 Å².